The van der Waals surface area contributed by atoms with Gasteiger partial charge in [0.1, 0.15) is 0 Å². The van der Waals surface area contributed by atoms with Crippen molar-refractivity contribution in [2.24, 2.45) is 5.73 Å². The van der Waals surface area contributed by atoms with Gasteiger partial charge in [-0.05, 0) is 23.9 Å². The van der Waals surface area contributed by atoms with Gasteiger partial charge in [0.25, 0.3) is 0 Å². The van der Waals surface area contributed by atoms with Crippen LogP contribution in [0.4, 0.5) is 0 Å². The van der Waals surface area contributed by atoms with Gasteiger partial charge in [0.15, 0.2) is 0 Å². The molecular formula is C11H13N3S. The Balaban J connectivity index is 2.37. The predicted octanol–water partition coefficient (Wildman–Crippen LogP) is 1.94. The minimum atomic E-state index is 0.179. The van der Waals surface area contributed by atoms with E-state index >= 15 is 0 Å². The molecule has 0 aliphatic carbocycles. The van der Waals surface area contributed by atoms with Crippen LogP contribution in [0.25, 0.3) is 0 Å². The van der Waals surface area contributed by atoms with E-state index in [0.29, 0.717) is 6.54 Å². The van der Waals surface area contributed by atoms with E-state index in [9.17, 15) is 0 Å². The van der Waals surface area contributed by atoms with Gasteiger partial charge in [0.05, 0.1) is 5.69 Å². The van der Waals surface area contributed by atoms with Crippen LogP contribution in [0, 0.1) is 6.92 Å². The van der Waals surface area contributed by atoms with Crippen molar-refractivity contribution < 1.29 is 0 Å². The van der Waals surface area contributed by atoms with Crippen LogP contribution in [0.3, 0.4) is 0 Å². The van der Waals surface area contributed by atoms with Crippen LogP contribution >= 0.6 is 11.3 Å². The zero-order valence-electron chi connectivity index (χ0n) is 8.55. The number of hydrogen-bond acceptors (Lipinski definition) is 4. The number of aromatic nitrogens is 2. The summed E-state index contributed by atoms with van der Waals surface area (Å²) in [5.41, 5.74) is 8.03. The number of nitrogens with zero attached hydrogens (tertiary/aromatic N) is 2. The lowest BCUT2D eigenvalue weighted by molar-refractivity contribution is 0.789. The molecule has 0 saturated carbocycles. The first kappa shape index (κ1) is 10.3. The monoisotopic (exact) mass is 219 g/mol. The number of thiophene rings is 1. The Bertz CT molecular complexity index is 424. The van der Waals surface area contributed by atoms with E-state index in [1.54, 1.807) is 29.9 Å². The van der Waals surface area contributed by atoms with Crippen molar-refractivity contribution in [2.75, 3.05) is 6.54 Å². The Morgan fingerprint density at radius 3 is 2.87 bits per heavy atom. The van der Waals surface area contributed by atoms with Gasteiger partial charge in [-0.2, -0.15) is 0 Å². The molecule has 0 aromatic carbocycles. The van der Waals surface area contributed by atoms with Gasteiger partial charge in [-0.25, -0.2) is 0 Å². The standard InChI is InChI=1S/C11H13N3S/c1-8-2-5-15-11(8)9(6-12)10-7-13-3-4-14-10/h2-5,7,9H,6,12H2,1H3. The normalized spacial score (nSPS) is 12.7. The number of hydrogen-bond donors (Lipinski definition) is 1. The van der Waals surface area contributed by atoms with Crippen LogP contribution in [0.15, 0.2) is 30.0 Å². The van der Waals surface area contributed by atoms with Gasteiger partial charge in [-0.1, -0.05) is 0 Å². The molecule has 3 nitrogen and oxygen atoms in total. The van der Waals surface area contributed by atoms with E-state index in [2.05, 4.69) is 28.3 Å². The fraction of sp³-hybridized carbons (Fsp3) is 0.273. The summed E-state index contributed by atoms with van der Waals surface area (Å²) in [5.74, 6) is 0.179. The van der Waals surface area contributed by atoms with Crippen LogP contribution in [-0.4, -0.2) is 16.5 Å². The highest BCUT2D eigenvalue weighted by atomic mass is 32.1. The van der Waals surface area contributed by atoms with E-state index in [4.69, 9.17) is 5.73 Å². The topological polar surface area (TPSA) is 51.8 Å². The Morgan fingerprint density at radius 1 is 1.47 bits per heavy atom. The second-order valence-corrected chi connectivity index (χ2v) is 4.33. The summed E-state index contributed by atoms with van der Waals surface area (Å²) in [6.07, 6.45) is 5.18. The van der Waals surface area contributed by atoms with Gasteiger partial charge < -0.3 is 5.73 Å². The van der Waals surface area contributed by atoms with E-state index in [1.807, 2.05) is 0 Å². The molecule has 78 valence electrons. The molecule has 2 N–H and O–H groups in total. The van der Waals surface area contributed by atoms with Crippen LogP contribution in [0.5, 0.6) is 0 Å². The molecule has 0 bridgehead atoms. The summed E-state index contributed by atoms with van der Waals surface area (Å²) in [5, 5.41) is 2.09. The lowest BCUT2D eigenvalue weighted by Crippen LogP contribution is -2.14. The SMILES string of the molecule is Cc1ccsc1C(CN)c1cnccn1. The summed E-state index contributed by atoms with van der Waals surface area (Å²) < 4.78 is 0. The molecule has 1 atom stereocenters. The highest BCUT2D eigenvalue weighted by Gasteiger charge is 2.16. The van der Waals surface area contributed by atoms with Gasteiger partial charge in [-0.15, -0.1) is 11.3 Å². The summed E-state index contributed by atoms with van der Waals surface area (Å²) in [6.45, 7) is 2.67. The maximum atomic E-state index is 5.80. The quantitative estimate of drug-likeness (QED) is 0.858. The van der Waals surface area contributed by atoms with Crippen molar-refractivity contribution in [1.29, 1.82) is 0 Å². The van der Waals surface area contributed by atoms with Crippen LogP contribution in [0.1, 0.15) is 22.1 Å². The molecule has 0 spiro atoms. The molecule has 2 aromatic rings. The summed E-state index contributed by atoms with van der Waals surface area (Å²) in [7, 11) is 0. The number of nitrogens with two attached hydrogens (primary N) is 1. The van der Waals surface area contributed by atoms with Crippen molar-refractivity contribution in [3.05, 3.63) is 46.2 Å². The van der Waals surface area contributed by atoms with Gasteiger partial charge in [-0.3, -0.25) is 9.97 Å². The first-order chi connectivity index (χ1) is 7.33. The summed E-state index contributed by atoms with van der Waals surface area (Å²) in [6, 6.07) is 2.11. The number of rotatable bonds is 3. The molecule has 15 heavy (non-hydrogen) atoms. The first-order valence-electron chi connectivity index (χ1n) is 4.83. The summed E-state index contributed by atoms with van der Waals surface area (Å²) >= 11 is 1.73. The minimum Gasteiger partial charge on any atom is -0.329 e. The molecule has 2 heterocycles. The Labute approximate surface area is 93.0 Å². The zero-order valence-corrected chi connectivity index (χ0v) is 9.37. The van der Waals surface area contributed by atoms with Crippen molar-refractivity contribution >= 4 is 11.3 Å². The van der Waals surface area contributed by atoms with E-state index in [-0.39, 0.29) is 5.92 Å². The van der Waals surface area contributed by atoms with Gasteiger partial charge in [0.2, 0.25) is 0 Å². The first-order valence-corrected chi connectivity index (χ1v) is 5.71. The fourth-order valence-electron chi connectivity index (χ4n) is 1.59. The second-order valence-electron chi connectivity index (χ2n) is 3.39. The average molecular weight is 219 g/mol. The fourth-order valence-corrected chi connectivity index (χ4v) is 2.65. The lowest BCUT2D eigenvalue weighted by Gasteiger charge is -2.12. The molecule has 0 fully saturated rings. The largest absolute Gasteiger partial charge is 0.329 e. The Hall–Kier alpha value is -1.26. The van der Waals surface area contributed by atoms with Crippen molar-refractivity contribution in [1.82, 2.24) is 9.97 Å². The highest BCUT2D eigenvalue weighted by molar-refractivity contribution is 7.10. The summed E-state index contributed by atoms with van der Waals surface area (Å²) in [4.78, 5) is 9.68. The number of aryl methyl sites for hydroxylation is 1. The smallest absolute Gasteiger partial charge is 0.0682 e. The Morgan fingerprint density at radius 2 is 2.33 bits per heavy atom. The third-order valence-corrected chi connectivity index (χ3v) is 3.53. The maximum absolute atomic E-state index is 5.80. The van der Waals surface area contributed by atoms with Crippen molar-refractivity contribution in [3.63, 3.8) is 0 Å². The van der Waals surface area contributed by atoms with Crippen LogP contribution in [0.2, 0.25) is 0 Å². The molecule has 0 saturated heterocycles. The van der Waals surface area contributed by atoms with Crippen LogP contribution in [-0.2, 0) is 0 Å². The molecule has 0 radical (unpaired) electrons. The van der Waals surface area contributed by atoms with Gasteiger partial charge in [0, 0.05) is 35.9 Å². The second kappa shape index (κ2) is 4.51. The van der Waals surface area contributed by atoms with E-state index < -0.39 is 0 Å². The molecule has 1 unspecified atom stereocenters. The van der Waals surface area contributed by atoms with Gasteiger partial charge >= 0.3 is 0 Å². The lowest BCUT2D eigenvalue weighted by atomic mass is 10.0. The average Bonchev–Trinajstić information content (AvgIpc) is 2.68. The minimum absolute atomic E-state index is 0.179. The third-order valence-electron chi connectivity index (χ3n) is 2.39. The molecule has 2 aromatic heterocycles. The van der Waals surface area contributed by atoms with Crippen molar-refractivity contribution in [3.8, 4) is 0 Å². The molecule has 2 rings (SSSR count). The molecular weight excluding hydrogens is 206 g/mol. The molecule has 0 aliphatic heterocycles. The van der Waals surface area contributed by atoms with Crippen LogP contribution < -0.4 is 5.73 Å². The highest BCUT2D eigenvalue weighted by Crippen LogP contribution is 2.28. The van der Waals surface area contributed by atoms with Crippen molar-refractivity contribution in [2.45, 2.75) is 12.8 Å². The maximum Gasteiger partial charge on any atom is 0.0682 e. The molecule has 0 amide bonds. The molecule has 0 aliphatic rings. The predicted molar refractivity (Wildman–Crippen MR) is 62.0 cm³/mol. The third kappa shape index (κ3) is 2.06. The Kier molecular flexibility index (Phi) is 3.08. The zero-order chi connectivity index (χ0) is 10.7. The van der Waals surface area contributed by atoms with E-state index in [0.717, 1.165) is 5.69 Å². The van der Waals surface area contributed by atoms with E-state index in [1.165, 1.54) is 10.4 Å². The molecule has 4 heteroatoms.